The smallest absolute Gasteiger partial charge is 0.314 e. The van der Waals surface area contributed by atoms with Gasteiger partial charge in [0, 0.05) is 18.0 Å². The van der Waals surface area contributed by atoms with Gasteiger partial charge in [0.25, 0.3) is 0 Å². The Labute approximate surface area is 224 Å². The molecule has 200 valence electrons. The Kier molecular flexibility index (Phi) is 11.6. The minimum atomic E-state index is -0.280. The Bertz CT molecular complexity index is 986. The van der Waals surface area contributed by atoms with E-state index in [0.717, 1.165) is 50.5 Å². The van der Waals surface area contributed by atoms with E-state index >= 15 is 0 Å². The van der Waals surface area contributed by atoms with Crippen molar-refractivity contribution in [2.24, 2.45) is 17.3 Å². The number of rotatable bonds is 14. The number of benzene rings is 1. The van der Waals surface area contributed by atoms with Gasteiger partial charge in [0.2, 0.25) is 0 Å². The van der Waals surface area contributed by atoms with E-state index in [4.69, 9.17) is 4.74 Å². The molecule has 0 spiro atoms. The number of nitrogens with zero attached hydrogens (tertiary/aromatic N) is 3. The van der Waals surface area contributed by atoms with Gasteiger partial charge >= 0.3 is 5.97 Å². The van der Waals surface area contributed by atoms with Crippen molar-refractivity contribution in [2.75, 3.05) is 0 Å². The van der Waals surface area contributed by atoms with Crippen LogP contribution < -0.4 is 4.74 Å². The van der Waals surface area contributed by atoms with Crippen LogP contribution in [0.4, 0.5) is 0 Å². The van der Waals surface area contributed by atoms with Crippen molar-refractivity contribution in [2.45, 2.75) is 111 Å². The normalized spacial score (nSPS) is 20.2. The second kappa shape index (κ2) is 14.9. The third kappa shape index (κ3) is 8.95. The Balaban J connectivity index is 1.44. The van der Waals surface area contributed by atoms with E-state index in [1.54, 1.807) is 0 Å². The van der Waals surface area contributed by atoms with Gasteiger partial charge in [0.15, 0.2) is 5.82 Å². The third-order valence-electron chi connectivity index (χ3n) is 8.05. The molecule has 2 aromatic rings. The zero-order valence-corrected chi connectivity index (χ0v) is 23.2. The van der Waals surface area contributed by atoms with Gasteiger partial charge in [0.1, 0.15) is 5.75 Å². The molecule has 37 heavy (non-hydrogen) atoms. The third-order valence-corrected chi connectivity index (χ3v) is 8.05. The lowest BCUT2D eigenvalue weighted by molar-refractivity contribution is -0.140. The number of aryl methyl sites for hydroxylation is 1. The van der Waals surface area contributed by atoms with E-state index in [1.165, 1.54) is 50.5 Å². The van der Waals surface area contributed by atoms with Crippen LogP contribution in [0, 0.1) is 28.6 Å². The Morgan fingerprint density at radius 1 is 1.03 bits per heavy atom. The van der Waals surface area contributed by atoms with Gasteiger partial charge in [-0.2, -0.15) is 5.26 Å². The number of ether oxygens (including phenoxy) is 1. The molecular weight excluding hydrogens is 458 g/mol. The van der Waals surface area contributed by atoms with Gasteiger partial charge < -0.3 is 4.74 Å². The maximum absolute atomic E-state index is 12.8. The summed E-state index contributed by atoms with van der Waals surface area (Å²) in [5.41, 5.74) is 1.81. The molecule has 1 fully saturated rings. The summed E-state index contributed by atoms with van der Waals surface area (Å²) in [7, 11) is 0. The summed E-state index contributed by atoms with van der Waals surface area (Å²) in [6.07, 6.45) is 19.0. The monoisotopic (exact) mass is 503 g/mol. The molecule has 0 saturated heterocycles. The molecule has 0 radical (unpaired) electrons. The number of unbranched alkanes of at least 4 members (excludes halogenated alkanes) is 6. The van der Waals surface area contributed by atoms with E-state index in [9.17, 15) is 10.1 Å². The van der Waals surface area contributed by atoms with Crippen LogP contribution in [0.1, 0.15) is 110 Å². The number of esters is 1. The van der Waals surface area contributed by atoms with Gasteiger partial charge in [-0.05, 0) is 80.7 Å². The maximum atomic E-state index is 12.8. The minimum absolute atomic E-state index is 0.134. The maximum Gasteiger partial charge on any atom is 0.314 e. The number of carbonyl (C=O) groups is 1. The average molecular weight is 504 g/mol. The van der Waals surface area contributed by atoms with Crippen molar-refractivity contribution in [3.8, 4) is 23.2 Å². The summed E-state index contributed by atoms with van der Waals surface area (Å²) in [6, 6.07) is 10.0. The van der Waals surface area contributed by atoms with Crippen LogP contribution in [-0.2, 0) is 11.2 Å². The summed E-state index contributed by atoms with van der Waals surface area (Å²) in [6.45, 7) is 6.63. The number of nitriles is 1. The Morgan fingerprint density at radius 2 is 1.65 bits per heavy atom. The molecule has 1 atom stereocenters. The molecule has 1 saturated carbocycles. The van der Waals surface area contributed by atoms with E-state index in [2.05, 4.69) is 36.8 Å². The van der Waals surface area contributed by atoms with Crippen LogP contribution in [0.25, 0.3) is 11.4 Å². The first-order valence-corrected chi connectivity index (χ1v) is 14.5. The van der Waals surface area contributed by atoms with Crippen molar-refractivity contribution in [3.05, 3.63) is 42.2 Å². The predicted molar refractivity (Wildman–Crippen MR) is 149 cm³/mol. The Hall–Kier alpha value is -2.74. The van der Waals surface area contributed by atoms with Crippen molar-refractivity contribution < 1.29 is 9.53 Å². The van der Waals surface area contributed by atoms with Crippen LogP contribution in [0.15, 0.2) is 36.7 Å². The molecule has 0 unspecified atom stereocenters. The molecular formula is C32H45N3O2. The zero-order chi connectivity index (χ0) is 26.5. The fraction of sp³-hybridized carbons (Fsp3) is 0.625. The van der Waals surface area contributed by atoms with Crippen LogP contribution in [0.3, 0.4) is 0 Å². The van der Waals surface area contributed by atoms with Gasteiger partial charge in [0.05, 0.1) is 17.4 Å². The van der Waals surface area contributed by atoms with Gasteiger partial charge in [-0.15, -0.1) is 0 Å². The second-order valence-corrected chi connectivity index (χ2v) is 11.1. The number of hydrogen-bond acceptors (Lipinski definition) is 5. The summed E-state index contributed by atoms with van der Waals surface area (Å²) < 4.78 is 5.69. The fourth-order valence-electron chi connectivity index (χ4n) is 5.37. The molecule has 0 aliphatic heterocycles. The largest absolute Gasteiger partial charge is 0.426 e. The van der Waals surface area contributed by atoms with E-state index in [-0.39, 0.29) is 17.3 Å². The first-order chi connectivity index (χ1) is 18.0. The zero-order valence-electron chi connectivity index (χ0n) is 23.2. The molecule has 5 nitrogen and oxygen atoms in total. The standard InChI is InChI=1S/C32H45N3O2/c1-4-6-7-8-9-10-11-12-26-22-34-30(35-23-26)27-13-15-29(16-14-27)37-31(36)28-17-19-32(24-33,20-18-28)21-25(3)5-2/h13-16,22-23,25,28H,4-12,17-21H2,1-3H3/t25-,28-,32-/m1/s1. The van der Waals surface area contributed by atoms with E-state index in [1.807, 2.05) is 36.7 Å². The second-order valence-electron chi connectivity index (χ2n) is 11.1. The van der Waals surface area contributed by atoms with Crippen LogP contribution in [0.5, 0.6) is 5.75 Å². The van der Waals surface area contributed by atoms with Gasteiger partial charge in [-0.25, -0.2) is 9.97 Å². The lowest BCUT2D eigenvalue weighted by atomic mass is 9.67. The fourth-order valence-corrected chi connectivity index (χ4v) is 5.37. The van der Waals surface area contributed by atoms with Crippen LogP contribution in [0.2, 0.25) is 0 Å². The number of hydrogen-bond donors (Lipinski definition) is 0. The number of carbonyl (C=O) groups excluding carboxylic acids is 1. The SMILES string of the molecule is CCCCCCCCCc1cnc(-c2ccc(OC(=O)[C@H]3CC[C@@](C#N)(C[C@H](C)CC)CC3)cc2)nc1. The molecule has 1 aliphatic rings. The first kappa shape index (κ1) is 28.8. The molecule has 1 aromatic heterocycles. The summed E-state index contributed by atoms with van der Waals surface area (Å²) in [5.74, 6) is 1.44. The molecule has 1 aromatic carbocycles. The van der Waals surface area contributed by atoms with Gasteiger partial charge in [-0.1, -0.05) is 65.7 Å². The summed E-state index contributed by atoms with van der Waals surface area (Å²) >= 11 is 0. The average Bonchev–Trinajstić information content (AvgIpc) is 2.93. The highest BCUT2D eigenvalue weighted by Gasteiger charge is 2.39. The molecule has 1 heterocycles. The predicted octanol–water partition coefficient (Wildman–Crippen LogP) is 8.48. The summed E-state index contributed by atoms with van der Waals surface area (Å²) in [5, 5.41) is 9.79. The quantitative estimate of drug-likeness (QED) is 0.147. The molecule has 0 bridgehead atoms. The van der Waals surface area contributed by atoms with Crippen molar-refractivity contribution in [1.82, 2.24) is 9.97 Å². The highest BCUT2D eigenvalue weighted by atomic mass is 16.5. The molecule has 0 N–H and O–H groups in total. The van der Waals surface area contributed by atoms with Gasteiger partial charge in [-0.3, -0.25) is 4.79 Å². The lowest BCUT2D eigenvalue weighted by Gasteiger charge is -2.35. The van der Waals surface area contributed by atoms with Crippen molar-refractivity contribution >= 4 is 5.97 Å². The molecule has 3 rings (SSSR count). The lowest BCUT2D eigenvalue weighted by Crippen LogP contribution is -2.32. The summed E-state index contributed by atoms with van der Waals surface area (Å²) in [4.78, 5) is 21.9. The highest BCUT2D eigenvalue weighted by molar-refractivity contribution is 5.75. The minimum Gasteiger partial charge on any atom is -0.426 e. The van der Waals surface area contributed by atoms with E-state index < -0.39 is 0 Å². The van der Waals surface area contributed by atoms with Crippen molar-refractivity contribution in [1.29, 1.82) is 5.26 Å². The first-order valence-electron chi connectivity index (χ1n) is 14.5. The molecule has 1 aliphatic carbocycles. The van der Waals surface area contributed by atoms with E-state index in [0.29, 0.717) is 17.5 Å². The Morgan fingerprint density at radius 3 is 2.24 bits per heavy atom. The van der Waals surface area contributed by atoms with Crippen molar-refractivity contribution in [3.63, 3.8) is 0 Å². The topological polar surface area (TPSA) is 75.9 Å². The van der Waals surface area contributed by atoms with Crippen LogP contribution in [-0.4, -0.2) is 15.9 Å². The molecule has 0 amide bonds. The number of aromatic nitrogens is 2. The van der Waals surface area contributed by atoms with Crippen LogP contribution >= 0.6 is 0 Å². The molecule has 5 heteroatoms. The highest BCUT2D eigenvalue weighted by Crippen LogP contribution is 2.43.